The quantitative estimate of drug-likeness (QED) is 0.319. The fraction of sp³-hybridized carbons (Fsp3) is 0.323. The first-order valence-electron chi connectivity index (χ1n) is 11.7. The Labute approximate surface area is 208 Å². The molecule has 0 spiro atoms. The maximum absolute atomic E-state index is 14.9. The molecule has 0 N–H and O–H groups in total. The molecule has 4 heteroatoms. The largest absolute Gasteiger partial charge is 0.497 e. The van der Waals surface area contributed by atoms with Crippen LogP contribution in [0.3, 0.4) is 0 Å². The monoisotopic (exact) mass is 472 g/mol. The maximum Gasteiger partial charge on any atom is 0.131 e. The number of ether oxygens (including phenoxy) is 2. The second-order valence-corrected chi connectivity index (χ2v) is 9.69. The molecule has 0 aliphatic carbocycles. The summed E-state index contributed by atoms with van der Waals surface area (Å²) in [4.78, 5) is 11.6. The molecule has 35 heavy (non-hydrogen) atoms. The van der Waals surface area contributed by atoms with E-state index >= 15 is 0 Å². The Morgan fingerprint density at radius 1 is 0.971 bits per heavy atom. The Bertz CT molecular complexity index is 1240. The van der Waals surface area contributed by atoms with E-state index < -0.39 is 0 Å². The van der Waals surface area contributed by atoms with Crippen LogP contribution < -0.4 is 9.47 Å². The van der Waals surface area contributed by atoms with Crippen molar-refractivity contribution >= 4 is 5.78 Å². The van der Waals surface area contributed by atoms with Gasteiger partial charge in [0, 0.05) is 12.0 Å². The molecule has 182 valence electrons. The highest BCUT2D eigenvalue weighted by Crippen LogP contribution is 2.37. The summed E-state index contributed by atoms with van der Waals surface area (Å²) >= 11 is 0. The van der Waals surface area contributed by atoms with Crippen LogP contribution >= 0.6 is 0 Å². The lowest BCUT2D eigenvalue weighted by molar-refractivity contribution is -0.117. The van der Waals surface area contributed by atoms with Crippen LogP contribution in [0.4, 0.5) is 4.39 Å². The van der Waals surface area contributed by atoms with Gasteiger partial charge in [-0.1, -0.05) is 51.0 Å². The molecule has 0 bridgehead atoms. The van der Waals surface area contributed by atoms with Gasteiger partial charge < -0.3 is 9.47 Å². The Morgan fingerprint density at radius 3 is 2.26 bits per heavy atom. The van der Waals surface area contributed by atoms with Gasteiger partial charge in [-0.05, 0) is 77.9 Å². The molecule has 0 amide bonds. The van der Waals surface area contributed by atoms with Crippen molar-refractivity contribution < 1.29 is 18.7 Å². The molecule has 0 fully saturated rings. The first-order valence-corrected chi connectivity index (χ1v) is 11.7. The summed E-state index contributed by atoms with van der Waals surface area (Å²) in [6.45, 7) is 10.0. The van der Waals surface area contributed by atoms with Gasteiger partial charge in [0.25, 0.3) is 0 Å². The van der Waals surface area contributed by atoms with Gasteiger partial charge in [0.15, 0.2) is 0 Å². The highest BCUT2D eigenvalue weighted by Gasteiger charge is 2.21. The lowest BCUT2D eigenvalue weighted by Crippen LogP contribution is -2.13. The molecule has 3 aromatic rings. The van der Waals surface area contributed by atoms with Crippen molar-refractivity contribution in [2.45, 2.75) is 59.0 Å². The molecule has 0 aliphatic heterocycles. The number of benzene rings is 3. The van der Waals surface area contributed by atoms with E-state index in [1.165, 1.54) is 6.07 Å². The lowest BCUT2D eigenvalue weighted by atomic mass is 9.81. The van der Waals surface area contributed by atoms with Gasteiger partial charge in [0.05, 0.1) is 13.0 Å². The zero-order valence-corrected chi connectivity index (χ0v) is 21.4. The highest BCUT2D eigenvalue weighted by atomic mass is 19.1. The summed E-state index contributed by atoms with van der Waals surface area (Å²) in [6.07, 6.45) is 0.394. The van der Waals surface area contributed by atoms with E-state index in [1.54, 1.807) is 33.1 Å². The van der Waals surface area contributed by atoms with Crippen molar-refractivity contribution in [3.05, 3.63) is 83.2 Å². The van der Waals surface area contributed by atoms with Gasteiger partial charge in [-0.25, -0.2) is 4.39 Å². The summed E-state index contributed by atoms with van der Waals surface area (Å²) in [6, 6.07) is 18.6. The second-order valence-electron chi connectivity index (χ2n) is 9.69. The topological polar surface area (TPSA) is 35.5 Å². The fourth-order valence-corrected chi connectivity index (χ4v) is 4.07. The van der Waals surface area contributed by atoms with Crippen LogP contribution in [0.2, 0.25) is 0 Å². The van der Waals surface area contributed by atoms with Crippen LogP contribution in [-0.4, -0.2) is 12.9 Å². The Kier molecular flexibility index (Phi) is 8.35. The molecular formula is C31H33FO3. The molecule has 0 radical (unpaired) electrons. The van der Waals surface area contributed by atoms with Gasteiger partial charge >= 0.3 is 0 Å². The molecule has 0 heterocycles. The first kappa shape index (κ1) is 26.0. The molecule has 3 rings (SSSR count). The average molecular weight is 473 g/mol. The van der Waals surface area contributed by atoms with Crippen molar-refractivity contribution in [3.8, 4) is 34.5 Å². The predicted octanol–water partition coefficient (Wildman–Crippen LogP) is 7.46. The van der Waals surface area contributed by atoms with Crippen LogP contribution in [0.25, 0.3) is 11.1 Å². The normalized spacial score (nSPS) is 11.9. The van der Waals surface area contributed by atoms with Crippen molar-refractivity contribution in [2.75, 3.05) is 7.11 Å². The molecule has 0 unspecified atom stereocenters. The maximum atomic E-state index is 14.9. The van der Waals surface area contributed by atoms with Crippen molar-refractivity contribution in [1.29, 1.82) is 0 Å². The summed E-state index contributed by atoms with van der Waals surface area (Å²) < 4.78 is 26.2. The average Bonchev–Trinajstić information content (AvgIpc) is 2.82. The van der Waals surface area contributed by atoms with E-state index in [2.05, 4.69) is 32.6 Å². The molecule has 0 aliphatic rings. The SMILES string of the molecule is CC#C[C@@H](CC(C)=O)c1ccc(OCc2ccc(C(C)(C)C)c(-c3cc(OC)ccc3F)c2)cc1. The molecular weight excluding hydrogens is 439 g/mol. The molecule has 3 aromatic carbocycles. The van der Waals surface area contributed by atoms with Gasteiger partial charge in [0.1, 0.15) is 29.7 Å². The lowest BCUT2D eigenvalue weighted by Gasteiger charge is -2.24. The minimum Gasteiger partial charge on any atom is -0.497 e. The first-order chi connectivity index (χ1) is 16.6. The minimum absolute atomic E-state index is 0.111. The van der Waals surface area contributed by atoms with Crippen LogP contribution in [0.15, 0.2) is 60.7 Å². The van der Waals surface area contributed by atoms with Gasteiger partial charge in [-0.3, -0.25) is 4.79 Å². The number of rotatable bonds is 8. The van der Waals surface area contributed by atoms with Crippen molar-refractivity contribution in [1.82, 2.24) is 0 Å². The Balaban J connectivity index is 1.86. The molecule has 0 aromatic heterocycles. The van der Waals surface area contributed by atoms with E-state index in [0.717, 1.165) is 22.3 Å². The smallest absolute Gasteiger partial charge is 0.131 e. The van der Waals surface area contributed by atoms with E-state index in [0.29, 0.717) is 30.1 Å². The molecule has 1 atom stereocenters. The van der Waals surface area contributed by atoms with Crippen LogP contribution in [0.5, 0.6) is 11.5 Å². The number of Topliss-reactive ketones (excluding diaryl/α,β-unsaturated/α-hetero) is 1. The van der Waals surface area contributed by atoms with Crippen LogP contribution in [0, 0.1) is 17.7 Å². The van der Waals surface area contributed by atoms with Crippen LogP contribution in [0.1, 0.15) is 63.6 Å². The van der Waals surface area contributed by atoms with E-state index in [1.807, 2.05) is 42.5 Å². The van der Waals surface area contributed by atoms with Gasteiger partial charge in [0.2, 0.25) is 0 Å². The Hall–Kier alpha value is -3.58. The fourth-order valence-electron chi connectivity index (χ4n) is 4.07. The summed E-state index contributed by atoms with van der Waals surface area (Å²) in [5.74, 6) is 7.05. The number of ketones is 1. The van der Waals surface area contributed by atoms with Crippen molar-refractivity contribution in [2.24, 2.45) is 0 Å². The molecule has 0 saturated carbocycles. The number of hydrogen-bond donors (Lipinski definition) is 0. The van der Waals surface area contributed by atoms with E-state index in [9.17, 15) is 9.18 Å². The van der Waals surface area contributed by atoms with Gasteiger partial charge in [-0.2, -0.15) is 0 Å². The molecule has 3 nitrogen and oxygen atoms in total. The summed E-state index contributed by atoms with van der Waals surface area (Å²) in [5, 5.41) is 0. The standard InChI is InChI=1S/C31H33FO3/c1-7-8-24(17-21(2)33)23-10-12-25(13-11-23)35-20-22-9-15-29(31(3,4)5)27(18-22)28-19-26(34-6)14-16-30(28)32/h9-16,18-19,24H,17,20H2,1-6H3/t24-/m0/s1. The summed E-state index contributed by atoms with van der Waals surface area (Å²) in [5.41, 5.74) is 4.14. The third-order valence-electron chi connectivity index (χ3n) is 5.85. The number of carbonyl (C=O) groups is 1. The highest BCUT2D eigenvalue weighted by molar-refractivity contribution is 5.77. The zero-order valence-electron chi connectivity index (χ0n) is 21.4. The van der Waals surface area contributed by atoms with Gasteiger partial charge in [-0.15, -0.1) is 5.92 Å². The predicted molar refractivity (Wildman–Crippen MR) is 139 cm³/mol. The third-order valence-corrected chi connectivity index (χ3v) is 5.85. The number of hydrogen-bond acceptors (Lipinski definition) is 3. The Morgan fingerprint density at radius 2 is 1.66 bits per heavy atom. The second kappa shape index (κ2) is 11.2. The van der Waals surface area contributed by atoms with Crippen molar-refractivity contribution in [3.63, 3.8) is 0 Å². The number of halogens is 1. The minimum atomic E-state index is -0.291. The third kappa shape index (κ3) is 6.73. The van der Waals surface area contributed by atoms with E-state index in [-0.39, 0.29) is 22.9 Å². The summed E-state index contributed by atoms with van der Waals surface area (Å²) in [7, 11) is 1.58. The molecule has 0 saturated heterocycles. The number of methoxy groups -OCH3 is 1. The van der Waals surface area contributed by atoms with Crippen LogP contribution in [-0.2, 0) is 16.8 Å². The van der Waals surface area contributed by atoms with E-state index in [4.69, 9.17) is 9.47 Å². The number of carbonyl (C=O) groups excluding carboxylic acids is 1. The zero-order chi connectivity index (χ0) is 25.6.